The second-order valence-electron chi connectivity index (χ2n) is 10.2. The number of amides is 1. The summed E-state index contributed by atoms with van der Waals surface area (Å²) in [6.07, 6.45) is 9.89. The van der Waals surface area contributed by atoms with E-state index in [0.717, 1.165) is 56.8 Å². The molecule has 1 aromatic carbocycles. The number of carbonyl (C=O) groups is 2. The third-order valence-corrected chi connectivity index (χ3v) is 7.32. The Morgan fingerprint density at radius 2 is 1.97 bits per heavy atom. The molecule has 1 unspecified atom stereocenters. The van der Waals surface area contributed by atoms with E-state index in [9.17, 15) is 14.0 Å². The number of carbonyl (C=O) groups excluding carboxylic acids is 1. The number of aliphatic carboxylic acids is 1. The minimum absolute atomic E-state index is 0.0184. The molecule has 2 heterocycles. The van der Waals surface area contributed by atoms with E-state index >= 15 is 0 Å². The van der Waals surface area contributed by atoms with Gasteiger partial charge in [-0.15, -0.1) is 0 Å². The molecule has 0 bridgehead atoms. The van der Waals surface area contributed by atoms with Gasteiger partial charge in [0.1, 0.15) is 23.1 Å². The second-order valence-corrected chi connectivity index (χ2v) is 10.2. The molecule has 3 aliphatic rings. The zero-order valence-corrected chi connectivity index (χ0v) is 23.2. The lowest BCUT2D eigenvalue weighted by Gasteiger charge is -2.33. The Bertz CT molecular complexity index is 1170. The lowest BCUT2D eigenvalue weighted by atomic mass is 9.99. The molecule has 1 saturated heterocycles. The molecular weight excluding hydrogens is 485 g/mol. The van der Waals surface area contributed by atoms with Gasteiger partial charge in [-0.25, -0.2) is 14.2 Å². The fourth-order valence-electron chi connectivity index (χ4n) is 4.79. The van der Waals surface area contributed by atoms with Gasteiger partial charge in [0, 0.05) is 42.4 Å². The van der Waals surface area contributed by atoms with Gasteiger partial charge in [0.05, 0.1) is 0 Å². The van der Waals surface area contributed by atoms with Crippen LogP contribution in [0.2, 0.25) is 0 Å². The largest absolute Gasteiger partial charge is 0.482 e. The Morgan fingerprint density at radius 1 is 1.26 bits per heavy atom. The van der Waals surface area contributed by atoms with Crippen molar-refractivity contribution in [1.82, 2.24) is 9.80 Å². The molecule has 8 heteroatoms. The highest BCUT2D eigenvalue weighted by Gasteiger charge is 2.45. The molecule has 0 spiro atoms. The molecule has 206 valence electrons. The van der Waals surface area contributed by atoms with Crippen LogP contribution in [0.4, 0.5) is 4.39 Å². The molecule has 1 atom stereocenters. The number of ether oxygens (including phenoxy) is 1. The van der Waals surface area contributed by atoms with E-state index in [1.165, 1.54) is 12.1 Å². The van der Waals surface area contributed by atoms with Crippen molar-refractivity contribution in [3.63, 3.8) is 0 Å². The summed E-state index contributed by atoms with van der Waals surface area (Å²) in [5.74, 6) is -1.14. The van der Waals surface area contributed by atoms with Crippen LogP contribution in [0.25, 0.3) is 5.57 Å². The van der Waals surface area contributed by atoms with Crippen molar-refractivity contribution in [1.29, 1.82) is 0 Å². The Morgan fingerprint density at radius 3 is 2.61 bits per heavy atom. The number of nitrogens with zero attached hydrogens (tertiary/aromatic N) is 3. The van der Waals surface area contributed by atoms with Crippen molar-refractivity contribution in [3.8, 4) is 5.75 Å². The summed E-state index contributed by atoms with van der Waals surface area (Å²) < 4.78 is 19.9. The summed E-state index contributed by atoms with van der Waals surface area (Å²) in [6.45, 7) is 12.5. The highest BCUT2D eigenvalue weighted by molar-refractivity contribution is 6.44. The average Bonchev–Trinajstić information content (AvgIpc) is 3.68. The fourth-order valence-corrected chi connectivity index (χ4v) is 4.79. The molecule has 1 aromatic rings. The number of allylic oxidation sites excluding steroid dienone is 3. The van der Waals surface area contributed by atoms with Gasteiger partial charge in [-0.05, 0) is 62.5 Å². The smallest absolute Gasteiger partial charge is 0.341 e. The van der Waals surface area contributed by atoms with E-state index in [4.69, 9.17) is 14.8 Å². The van der Waals surface area contributed by atoms with Gasteiger partial charge in [0.25, 0.3) is 5.91 Å². The topological polar surface area (TPSA) is 82.4 Å². The molecule has 0 aromatic heterocycles. The van der Waals surface area contributed by atoms with Crippen LogP contribution in [0, 0.1) is 11.2 Å². The second kappa shape index (κ2) is 12.4. The summed E-state index contributed by atoms with van der Waals surface area (Å²) in [5, 5.41) is 8.76. The number of rotatable bonds is 7. The van der Waals surface area contributed by atoms with Crippen molar-refractivity contribution < 1.29 is 23.8 Å². The molecule has 0 radical (unpaired) electrons. The van der Waals surface area contributed by atoms with E-state index in [0.29, 0.717) is 17.1 Å². The van der Waals surface area contributed by atoms with E-state index in [1.807, 2.05) is 36.8 Å². The van der Waals surface area contributed by atoms with Gasteiger partial charge in [0.15, 0.2) is 6.61 Å². The van der Waals surface area contributed by atoms with Crippen LogP contribution in [0.3, 0.4) is 0 Å². The maximum atomic E-state index is 14.8. The molecule has 1 saturated carbocycles. The number of likely N-dealkylation sites (tertiary alicyclic amines) is 1. The SMILES string of the molecule is C=C(/C=C1/N=C(C(=O)N2CCCCCC2C)C=C(C2(C)CC2)N1C)c1ccc(OCC(=O)O)cc1F.CC. The fraction of sp³-hybridized carbons (Fsp3) is 0.500. The number of halogens is 1. The monoisotopic (exact) mass is 525 g/mol. The zero-order chi connectivity index (χ0) is 28.0. The van der Waals surface area contributed by atoms with Crippen molar-refractivity contribution in [2.24, 2.45) is 10.4 Å². The first kappa shape index (κ1) is 29.1. The molecule has 2 fully saturated rings. The number of carboxylic acid groups (broad SMARTS) is 1. The Labute approximate surface area is 225 Å². The number of benzene rings is 1. The zero-order valence-electron chi connectivity index (χ0n) is 23.2. The van der Waals surface area contributed by atoms with E-state index in [2.05, 4.69) is 20.4 Å². The van der Waals surface area contributed by atoms with Gasteiger partial charge in [-0.3, -0.25) is 4.79 Å². The summed E-state index contributed by atoms with van der Waals surface area (Å²) in [5.41, 5.74) is 2.05. The molecule has 1 aliphatic carbocycles. The first-order valence-electron chi connectivity index (χ1n) is 13.5. The number of hydrogen-bond donors (Lipinski definition) is 1. The quantitative estimate of drug-likeness (QED) is 0.470. The average molecular weight is 526 g/mol. The predicted molar refractivity (Wildman–Crippen MR) is 148 cm³/mol. The van der Waals surface area contributed by atoms with Crippen LogP contribution >= 0.6 is 0 Å². The van der Waals surface area contributed by atoms with Crippen LogP contribution in [0.1, 0.15) is 71.8 Å². The third kappa shape index (κ3) is 6.71. The molecular formula is C30H40FN3O4. The summed E-state index contributed by atoms with van der Waals surface area (Å²) in [7, 11) is 1.91. The van der Waals surface area contributed by atoms with E-state index in [1.54, 1.807) is 6.08 Å². The lowest BCUT2D eigenvalue weighted by molar-refractivity contribution is -0.139. The minimum Gasteiger partial charge on any atom is -0.482 e. The summed E-state index contributed by atoms with van der Waals surface area (Å²) in [4.78, 5) is 32.9. The first-order valence-corrected chi connectivity index (χ1v) is 13.5. The summed E-state index contributed by atoms with van der Waals surface area (Å²) >= 11 is 0. The Kier molecular flexibility index (Phi) is 9.52. The minimum atomic E-state index is -1.14. The number of carboxylic acids is 1. The molecule has 2 aliphatic heterocycles. The van der Waals surface area contributed by atoms with Gasteiger partial charge in [0.2, 0.25) is 0 Å². The first-order chi connectivity index (χ1) is 18.1. The predicted octanol–water partition coefficient (Wildman–Crippen LogP) is 6.03. The van der Waals surface area contributed by atoms with Crippen molar-refractivity contribution in [3.05, 3.63) is 59.8 Å². The highest BCUT2D eigenvalue weighted by atomic mass is 19.1. The standard InChI is InChI=1S/C28H34FN3O4.C2H6/c1-18(21-10-9-20(15-22(21)29)36-17-26(33)34)14-25-30-23(16-24(31(25)4)28(3)11-12-28)27(35)32-13-7-5-6-8-19(32)2;1-2/h9-10,14-16,19H,1,5-8,11-13,17H2,2-4H3,(H,33,34);1-2H3/b25-14-;. The van der Waals surface area contributed by atoms with Crippen LogP contribution in [-0.2, 0) is 9.59 Å². The van der Waals surface area contributed by atoms with E-state index in [-0.39, 0.29) is 28.7 Å². The normalized spacial score (nSPS) is 21.4. The van der Waals surface area contributed by atoms with Crippen LogP contribution in [-0.4, -0.2) is 58.7 Å². The van der Waals surface area contributed by atoms with Crippen LogP contribution < -0.4 is 4.74 Å². The Balaban J connectivity index is 0.00000195. The highest BCUT2D eigenvalue weighted by Crippen LogP contribution is 2.53. The molecule has 1 N–H and O–H groups in total. The van der Waals surface area contributed by atoms with Gasteiger partial charge < -0.3 is 19.6 Å². The van der Waals surface area contributed by atoms with Crippen molar-refractivity contribution in [2.75, 3.05) is 20.2 Å². The van der Waals surface area contributed by atoms with Gasteiger partial charge in [-0.2, -0.15) is 0 Å². The summed E-state index contributed by atoms with van der Waals surface area (Å²) in [6, 6.07) is 4.31. The van der Waals surface area contributed by atoms with Crippen molar-refractivity contribution in [2.45, 2.75) is 72.3 Å². The van der Waals surface area contributed by atoms with E-state index < -0.39 is 18.4 Å². The maximum Gasteiger partial charge on any atom is 0.341 e. The van der Waals surface area contributed by atoms with Crippen LogP contribution in [0.5, 0.6) is 5.75 Å². The Hall–Kier alpha value is -3.42. The van der Waals surface area contributed by atoms with Gasteiger partial charge >= 0.3 is 5.97 Å². The third-order valence-electron chi connectivity index (χ3n) is 7.32. The molecule has 7 nitrogen and oxygen atoms in total. The maximum absolute atomic E-state index is 14.8. The molecule has 1 amide bonds. The lowest BCUT2D eigenvalue weighted by Crippen LogP contribution is -2.43. The molecule has 38 heavy (non-hydrogen) atoms. The number of hydrogen-bond acceptors (Lipinski definition) is 5. The van der Waals surface area contributed by atoms with Crippen molar-refractivity contribution >= 4 is 23.2 Å². The molecule has 4 rings (SSSR count). The van der Waals surface area contributed by atoms with Crippen LogP contribution in [0.15, 0.2) is 53.4 Å². The number of aliphatic imine (C=N–C) groups is 1. The van der Waals surface area contributed by atoms with Gasteiger partial charge in [-0.1, -0.05) is 40.2 Å².